The molecule has 2 rings (SSSR count). The molecule has 0 saturated heterocycles. The predicted molar refractivity (Wildman–Crippen MR) is 64.1 cm³/mol. The molecule has 0 bridgehead atoms. The Morgan fingerprint density at radius 1 is 1.69 bits per heavy atom. The molecule has 0 saturated carbocycles. The second kappa shape index (κ2) is 4.24. The van der Waals surface area contributed by atoms with E-state index in [0.29, 0.717) is 10.6 Å². The highest BCUT2D eigenvalue weighted by Gasteiger charge is 2.10. The Balaban J connectivity index is 2.13. The molecule has 0 aliphatic heterocycles. The molecule has 0 aromatic carbocycles. The van der Waals surface area contributed by atoms with Gasteiger partial charge in [-0.15, -0.1) is 11.3 Å². The average molecular weight is 233 g/mol. The number of aromatic nitrogens is 2. The molecule has 2 aromatic heterocycles. The highest BCUT2D eigenvalue weighted by atomic mass is 32.1. The first-order valence-electron chi connectivity index (χ1n) is 4.75. The van der Waals surface area contributed by atoms with E-state index in [1.165, 1.54) is 11.3 Å². The van der Waals surface area contributed by atoms with Gasteiger partial charge in [0.1, 0.15) is 10.9 Å². The molecule has 0 fully saturated rings. The predicted octanol–water partition coefficient (Wildman–Crippen LogP) is 2.10. The van der Waals surface area contributed by atoms with Gasteiger partial charge in [0.15, 0.2) is 0 Å². The Morgan fingerprint density at radius 3 is 3.06 bits per heavy atom. The van der Waals surface area contributed by atoms with Crippen molar-refractivity contribution in [2.45, 2.75) is 13.0 Å². The van der Waals surface area contributed by atoms with Crippen molar-refractivity contribution in [3.63, 3.8) is 0 Å². The molecule has 16 heavy (non-hydrogen) atoms. The van der Waals surface area contributed by atoms with Crippen molar-refractivity contribution in [3.8, 4) is 6.07 Å². The van der Waals surface area contributed by atoms with Crippen LogP contribution in [0.2, 0.25) is 0 Å². The zero-order valence-corrected chi connectivity index (χ0v) is 9.51. The summed E-state index contributed by atoms with van der Waals surface area (Å²) in [6, 6.07) is 3.96. The van der Waals surface area contributed by atoms with Crippen molar-refractivity contribution in [3.05, 3.63) is 28.9 Å². The van der Waals surface area contributed by atoms with Gasteiger partial charge in [0, 0.05) is 11.8 Å². The van der Waals surface area contributed by atoms with Crippen LogP contribution in [0, 0.1) is 11.3 Å². The van der Waals surface area contributed by atoms with Gasteiger partial charge in [-0.3, -0.25) is 5.10 Å². The number of nitrogens with one attached hydrogen (secondary N) is 2. The van der Waals surface area contributed by atoms with Crippen molar-refractivity contribution in [2.75, 3.05) is 11.1 Å². The lowest BCUT2D eigenvalue weighted by molar-refractivity contribution is 0.891. The lowest BCUT2D eigenvalue weighted by Gasteiger charge is -2.10. The second-order valence-corrected chi connectivity index (χ2v) is 4.46. The lowest BCUT2D eigenvalue weighted by Crippen LogP contribution is -2.03. The molecule has 5 nitrogen and oxygen atoms in total. The normalized spacial score (nSPS) is 12.0. The highest BCUT2D eigenvalue weighted by molar-refractivity contribution is 7.17. The van der Waals surface area contributed by atoms with E-state index in [1.54, 1.807) is 12.3 Å². The van der Waals surface area contributed by atoms with Gasteiger partial charge < -0.3 is 11.1 Å². The number of aromatic amines is 1. The zero-order valence-electron chi connectivity index (χ0n) is 8.69. The van der Waals surface area contributed by atoms with Gasteiger partial charge in [-0.05, 0) is 13.0 Å². The van der Waals surface area contributed by atoms with Crippen LogP contribution in [-0.2, 0) is 0 Å². The number of hydrogen-bond donors (Lipinski definition) is 3. The van der Waals surface area contributed by atoms with Gasteiger partial charge in [-0.1, -0.05) is 0 Å². The standard InChI is InChI=1S/C10H11N5S/c1-6(7-4-13-14-5-7)15-10-2-8(12)9(3-11)16-10/h2,4-6,15H,12H2,1H3,(H,13,14). The number of nitriles is 1. The maximum absolute atomic E-state index is 8.79. The molecule has 2 aromatic rings. The summed E-state index contributed by atoms with van der Waals surface area (Å²) in [5.74, 6) is 0. The molecule has 1 unspecified atom stereocenters. The summed E-state index contributed by atoms with van der Waals surface area (Å²) in [5, 5.41) is 19.6. The third-order valence-corrected chi connectivity index (χ3v) is 3.23. The third-order valence-electron chi connectivity index (χ3n) is 2.24. The van der Waals surface area contributed by atoms with Crippen LogP contribution in [0.3, 0.4) is 0 Å². The highest BCUT2D eigenvalue weighted by Crippen LogP contribution is 2.30. The van der Waals surface area contributed by atoms with Crippen LogP contribution < -0.4 is 11.1 Å². The Hall–Kier alpha value is -2.00. The van der Waals surface area contributed by atoms with E-state index >= 15 is 0 Å². The number of nitrogens with zero attached hydrogens (tertiary/aromatic N) is 2. The van der Waals surface area contributed by atoms with E-state index in [1.807, 2.05) is 13.1 Å². The van der Waals surface area contributed by atoms with E-state index < -0.39 is 0 Å². The first-order valence-corrected chi connectivity index (χ1v) is 5.57. The summed E-state index contributed by atoms with van der Waals surface area (Å²) < 4.78 is 0. The minimum absolute atomic E-state index is 0.128. The third kappa shape index (κ3) is 1.99. The number of nitrogens with two attached hydrogens (primary N) is 1. The van der Waals surface area contributed by atoms with Crippen LogP contribution in [0.25, 0.3) is 0 Å². The van der Waals surface area contributed by atoms with Crippen LogP contribution in [0.5, 0.6) is 0 Å². The fourth-order valence-electron chi connectivity index (χ4n) is 1.36. The van der Waals surface area contributed by atoms with Crippen LogP contribution in [0.1, 0.15) is 23.4 Å². The van der Waals surface area contributed by atoms with Gasteiger partial charge in [0.2, 0.25) is 0 Å². The van der Waals surface area contributed by atoms with E-state index in [-0.39, 0.29) is 6.04 Å². The van der Waals surface area contributed by atoms with Crippen molar-refractivity contribution >= 4 is 22.0 Å². The molecule has 2 heterocycles. The maximum Gasteiger partial charge on any atom is 0.129 e. The first-order chi connectivity index (χ1) is 7.70. The fraction of sp³-hybridized carbons (Fsp3) is 0.200. The topological polar surface area (TPSA) is 90.5 Å². The number of anilines is 2. The number of thiophene rings is 1. The van der Waals surface area contributed by atoms with Crippen molar-refractivity contribution in [1.29, 1.82) is 5.26 Å². The molecule has 0 aliphatic rings. The van der Waals surface area contributed by atoms with E-state index in [0.717, 1.165) is 10.6 Å². The molecule has 1 atom stereocenters. The Labute approximate surface area is 96.9 Å². The summed E-state index contributed by atoms with van der Waals surface area (Å²) in [6.07, 6.45) is 3.60. The summed E-state index contributed by atoms with van der Waals surface area (Å²) in [4.78, 5) is 0.543. The molecular formula is C10H11N5S. The van der Waals surface area contributed by atoms with Crippen molar-refractivity contribution in [2.24, 2.45) is 0 Å². The minimum atomic E-state index is 0.128. The summed E-state index contributed by atoms with van der Waals surface area (Å²) in [5.41, 5.74) is 7.26. The first kappa shape index (κ1) is 10.5. The Bertz CT molecular complexity index is 508. The molecule has 4 N–H and O–H groups in total. The van der Waals surface area contributed by atoms with Crippen LogP contribution >= 0.6 is 11.3 Å². The minimum Gasteiger partial charge on any atom is -0.397 e. The van der Waals surface area contributed by atoms with Gasteiger partial charge >= 0.3 is 0 Å². The van der Waals surface area contributed by atoms with Gasteiger partial charge in [-0.25, -0.2) is 0 Å². The molecule has 6 heteroatoms. The average Bonchev–Trinajstić information content (AvgIpc) is 2.87. The summed E-state index contributed by atoms with van der Waals surface area (Å²) >= 11 is 1.36. The quantitative estimate of drug-likeness (QED) is 0.757. The van der Waals surface area contributed by atoms with E-state index in [4.69, 9.17) is 11.0 Å². The second-order valence-electron chi connectivity index (χ2n) is 3.40. The molecule has 0 aliphatic carbocycles. The van der Waals surface area contributed by atoms with Crippen LogP contribution in [0.15, 0.2) is 18.5 Å². The molecule has 82 valence electrons. The van der Waals surface area contributed by atoms with E-state index in [9.17, 15) is 0 Å². The molecular weight excluding hydrogens is 222 g/mol. The fourth-order valence-corrected chi connectivity index (χ4v) is 2.22. The van der Waals surface area contributed by atoms with Crippen molar-refractivity contribution < 1.29 is 0 Å². The van der Waals surface area contributed by atoms with Gasteiger partial charge in [0.25, 0.3) is 0 Å². The van der Waals surface area contributed by atoms with Crippen LogP contribution in [0.4, 0.5) is 10.7 Å². The Morgan fingerprint density at radius 2 is 2.50 bits per heavy atom. The lowest BCUT2D eigenvalue weighted by atomic mass is 10.2. The van der Waals surface area contributed by atoms with E-state index in [2.05, 4.69) is 21.6 Å². The molecule has 0 amide bonds. The van der Waals surface area contributed by atoms with Gasteiger partial charge in [0.05, 0.1) is 22.9 Å². The molecule has 0 spiro atoms. The Kier molecular flexibility index (Phi) is 2.79. The monoisotopic (exact) mass is 233 g/mol. The van der Waals surface area contributed by atoms with Crippen molar-refractivity contribution in [1.82, 2.24) is 10.2 Å². The smallest absolute Gasteiger partial charge is 0.129 e. The van der Waals surface area contributed by atoms with Crippen LogP contribution in [-0.4, -0.2) is 10.2 Å². The zero-order chi connectivity index (χ0) is 11.5. The summed E-state index contributed by atoms with van der Waals surface area (Å²) in [7, 11) is 0. The molecule has 0 radical (unpaired) electrons. The number of hydrogen-bond acceptors (Lipinski definition) is 5. The SMILES string of the molecule is CC(Nc1cc(N)c(C#N)s1)c1cn[nH]c1. The largest absolute Gasteiger partial charge is 0.397 e. The summed E-state index contributed by atoms with van der Waals surface area (Å²) in [6.45, 7) is 2.02. The maximum atomic E-state index is 8.79. The van der Waals surface area contributed by atoms with Gasteiger partial charge in [-0.2, -0.15) is 10.4 Å². The number of nitrogen functional groups attached to an aromatic ring is 1. The number of rotatable bonds is 3. The number of H-pyrrole nitrogens is 1.